The van der Waals surface area contributed by atoms with Crippen LogP contribution in [-0.4, -0.2) is 44.8 Å². The highest BCUT2D eigenvalue weighted by molar-refractivity contribution is 9.10. The van der Waals surface area contributed by atoms with Crippen molar-refractivity contribution in [3.63, 3.8) is 0 Å². The molecule has 1 aliphatic heterocycles. The van der Waals surface area contributed by atoms with Crippen LogP contribution >= 0.6 is 15.9 Å². The summed E-state index contributed by atoms with van der Waals surface area (Å²) in [5.41, 5.74) is 3.18. The lowest BCUT2D eigenvalue weighted by atomic mass is 10.0. The van der Waals surface area contributed by atoms with Crippen molar-refractivity contribution in [2.24, 2.45) is 0 Å². The molecule has 3 aromatic rings. The van der Waals surface area contributed by atoms with Gasteiger partial charge in [0, 0.05) is 16.1 Å². The summed E-state index contributed by atoms with van der Waals surface area (Å²) in [5.74, 6) is 0. The van der Waals surface area contributed by atoms with Gasteiger partial charge in [0.1, 0.15) is 18.3 Å². The molecule has 0 saturated carbocycles. The first-order valence-corrected chi connectivity index (χ1v) is 9.33. The van der Waals surface area contributed by atoms with Crippen LogP contribution in [0.25, 0.3) is 10.9 Å². The normalized spacial score (nSPS) is 26.3. The van der Waals surface area contributed by atoms with Crippen molar-refractivity contribution < 1.29 is 20.1 Å². The molecule has 4 rings (SSSR count). The lowest BCUT2D eigenvalue weighted by Crippen LogP contribution is -2.50. The predicted molar refractivity (Wildman–Crippen MR) is 102 cm³/mol. The Morgan fingerprint density at radius 2 is 1.77 bits per heavy atom. The van der Waals surface area contributed by atoms with Crippen LogP contribution in [-0.2, 0) is 11.2 Å². The Hall–Kier alpha value is -1.70. The first kappa shape index (κ1) is 17.7. The molecule has 1 aliphatic rings. The van der Waals surface area contributed by atoms with Gasteiger partial charge in [0.2, 0.25) is 0 Å². The largest absolute Gasteiger partial charge is 0.388 e. The molecule has 3 N–H and O–H groups in total. The van der Waals surface area contributed by atoms with Crippen LogP contribution in [0.1, 0.15) is 17.4 Å². The van der Waals surface area contributed by atoms with Crippen LogP contribution in [0.15, 0.2) is 59.2 Å². The smallest absolute Gasteiger partial charge is 0.162 e. The molecule has 0 amide bonds. The minimum absolute atomic E-state index is 0.0232. The molecule has 2 heterocycles. The highest BCUT2D eigenvalue weighted by Gasteiger charge is 2.39. The lowest BCUT2D eigenvalue weighted by Gasteiger charge is -2.36. The SMILES string of the molecule is O[C@@H]1[C@@H](O)[C@H](n2cc(Cc3ccccc3)c3c(Br)cccc32)OC[C@H]1O. The highest BCUT2D eigenvalue weighted by Crippen LogP contribution is 2.35. The van der Waals surface area contributed by atoms with E-state index >= 15 is 0 Å². The van der Waals surface area contributed by atoms with Gasteiger partial charge >= 0.3 is 0 Å². The van der Waals surface area contributed by atoms with E-state index in [4.69, 9.17) is 4.74 Å². The molecule has 0 radical (unpaired) electrons. The maximum atomic E-state index is 10.4. The lowest BCUT2D eigenvalue weighted by molar-refractivity contribution is -0.209. The Bertz CT molecular complexity index is 911. The molecule has 6 heteroatoms. The Kier molecular flexibility index (Phi) is 4.86. The number of benzene rings is 2. The maximum Gasteiger partial charge on any atom is 0.162 e. The third kappa shape index (κ3) is 3.08. The molecule has 1 fully saturated rings. The Labute approximate surface area is 159 Å². The predicted octanol–water partition coefficient (Wildman–Crippen LogP) is 2.61. The van der Waals surface area contributed by atoms with Gasteiger partial charge in [-0.3, -0.25) is 0 Å². The fourth-order valence-electron chi connectivity index (χ4n) is 3.54. The summed E-state index contributed by atoms with van der Waals surface area (Å²) >= 11 is 3.63. The van der Waals surface area contributed by atoms with Crippen LogP contribution in [0, 0.1) is 0 Å². The topological polar surface area (TPSA) is 74.9 Å². The number of aliphatic hydroxyl groups is 3. The summed E-state index contributed by atoms with van der Waals surface area (Å²) in [4.78, 5) is 0. The van der Waals surface area contributed by atoms with E-state index in [-0.39, 0.29) is 6.61 Å². The van der Waals surface area contributed by atoms with Crippen molar-refractivity contribution in [3.8, 4) is 0 Å². The van der Waals surface area contributed by atoms with E-state index in [0.717, 1.165) is 27.4 Å². The molecule has 5 nitrogen and oxygen atoms in total. The average molecular weight is 418 g/mol. The minimum atomic E-state index is -1.24. The van der Waals surface area contributed by atoms with Crippen molar-refractivity contribution >= 4 is 26.8 Å². The number of ether oxygens (including phenoxy) is 1. The van der Waals surface area contributed by atoms with Gasteiger partial charge < -0.3 is 24.6 Å². The van der Waals surface area contributed by atoms with Gasteiger partial charge in [0.05, 0.1) is 12.1 Å². The zero-order chi connectivity index (χ0) is 18.3. The van der Waals surface area contributed by atoms with E-state index in [1.54, 1.807) is 0 Å². The van der Waals surface area contributed by atoms with Gasteiger partial charge in [-0.15, -0.1) is 0 Å². The number of aromatic nitrogens is 1. The molecule has 26 heavy (non-hydrogen) atoms. The average Bonchev–Trinajstić information content (AvgIpc) is 3.00. The molecule has 1 aromatic heterocycles. The molecule has 0 aliphatic carbocycles. The van der Waals surface area contributed by atoms with E-state index in [2.05, 4.69) is 28.1 Å². The van der Waals surface area contributed by atoms with E-state index in [9.17, 15) is 15.3 Å². The minimum Gasteiger partial charge on any atom is -0.388 e. The van der Waals surface area contributed by atoms with Gasteiger partial charge in [0.15, 0.2) is 6.23 Å². The molecule has 0 spiro atoms. The van der Waals surface area contributed by atoms with Crippen LogP contribution in [0.3, 0.4) is 0 Å². The van der Waals surface area contributed by atoms with Crippen molar-refractivity contribution in [1.29, 1.82) is 0 Å². The van der Waals surface area contributed by atoms with E-state index in [1.165, 1.54) is 5.56 Å². The highest BCUT2D eigenvalue weighted by atomic mass is 79.9. The second-order valence-electron chi connectivity index (χ2n) is 6.63. The van der Waals surface area contributed by atoms with Gasteiger partial charge in [-0.1, -0.05) is 52.3 Å². The quantitative estimate of drug-likeness (QED) is 0.612. The molecule has 0 unspecified atom stereocenters. The monoisotopic (exact) mass is 417 g/mol. The van der Waals surface area contributed by atoms with Crippen LogP contribution in [0.5, 0.6) is 0 Å². The maximum absolute atomic E-state index is 10.4. The van der Waals surface area contributed by atoms with Crippen molar-refractivity contribution in [2.45, 2.75) is 31.0 Å². The number of aliphatic hydroxyl groups excluding tert-OH is 3. The van der Waals surface area contributed by atoms with Crippen molar-refractivity contribution in [1.82, 2.24) is 4.57 Å². The van der Waals surface area contributed by atoms with E-state index in [0.29, 0.717) is 0 Å². The summed E-state index contributed by atoms with van der Waals surface area (Å²) in [6.07, 6.45) is -1.59. The molecule has 0 bridgehead atoms. The number of halogens is 1. The van der Waals surface area contributed by atoms with E-state index < -0.39 is 24.5 Å². The number of fused-ring (bicyclic) bond motifs is 1. The molecule has 2 aromatic carbocycles. The second-order valence-corrected chi connectivity index (χ2v) is 7.48. The van der Waals surface area contributed by atoms with Crippen LogP contribution in [0.4, 0.5) is 0 Å². The zero-order valence-electron chi connectivity index (χ0n) is 14.0. The first-order chi connectivity index (χ1) is 12.6. The van der Waals surface area contributed by atoms with Crippen molar-refractivity contribution in [3.05, 3.63) is 70.3 Å². The van der Waals surface area contributed by atoms with Gasteiger partial charge in [-0.25, -0.2) is 0 Å². The van der Waals surface area contributed by atoms with Crippen molar-refractivity contribution in [2.75, 3.05) is 6.61 Å². The Morgan fingerprint density at radius 3 is 2.54 bits per heavy atom. The van der Waals surface area contributed by atoms with Crippen LogP contribution < -0.4 is 0 Å². The Balaban J connectivity index is 1.80. The Morgan fingerprint density at radius 1 is 1.00 bits per heavy atom. The summed E-state index contributed by atoms with van der Waals surface area (Å²) in [6.45, 7) is -0.0232. The summed E-state index contributed by atoms with van der Waals surface area (Å²) in [7, 11) is 0. The summed E-state index contributed by atoms with van der Waals surface area (Å²) < 4.78 is 8.47. The number of hydrogen-bond donors (Lipinski definition) is 3. The summed E-state index contributed by atoms with van der Waals surface area (Å²) in [5, 5.41) is 31.2. The number of hydrogen-bond acceptors (Lipinski definition) is 4. The fourth-order valence-corrected chi connectivity index (χ4v) is 4.15. The molecule has 1 saturated heterocycles. The number of nitrogens with zero attached hydrogens (tertiary/aromatic N) is 1. The van der Waals surface area contributed by atoms with E-state index in [1.807, 2.05) is 47.2 Å². The molecule has 136 valence electrons. The van der Waals surface area contributed by atoms with Gasteiger partial charge in [0.25, 0.3) is 0 Å². The third-order valence-electron chi connectivity index (χ3n) is 4.87. The second kappa shape index (κ2) is 7.13. The number of rotatable bonds is 3. The molecular formula is C20H20BrNO4. The van der Waals surface area contributed by atoms with Crippen LogP contribution in [0.2, 0.25) is 0 Å². The standard InChI is InChI=1S/C20H20BrNO4/c21-14-7-4-8-15-17(14)13(9-12-5-2-1-3-6-12)10-22(15)20-19(25)18(24)16(23)11-26-20/h1-8,10,16,18-20,23-25H,9,11H2/t16-,18+,19-,20-/m1/s1. The van der Waals surface area contributed by atoms with Gasteiger partial charge in [-0.05, 0) is 29.7 Å². The zero-order valence-corrected chi connectivity index (χ0v) is 15.6. The fraction of sp³-hybridized carbons (Fsp3) is 0.300. The first-order valence-electron chi connectivity index (χ1n) is 8.54. The third-order valence-corrected chi connectivity index (χ3v) is 5.53. The molecule has 4 atom stereocenters. The molecular weight excluding hydrogens is 398 g/mol. The van der Waals surface area contributed by atoms with Gasteiger partial charge in [-0.2, -0.15) is 0 Å². The summed E-state index contributed by atoms with van der Waals surface area (Å²) in [6, 6.07) is 16.0.